The Balaban J connectivity index is 2.15. The summed E-state index contributed by atoms with van der Waals surface area (Å²) in [6.07, 6.45) is 5.71. The second kappa shape index (κ2) is 4.58. The first-order valence-electron chi connectivity index (χ1n) is 5.81. The molecule has 2 N–H and O–H groups in total. The van der Waals surface area contributed by atoms with Crippen LogP contribution >= 0.6 is 12.2 Å². The van der Waals surface area contributed by atoms with Gasteiger partial charge in [0.05, 0.1) is 16.8 Å². The van der Waals surface area contributed by atoms with Gasteiger partial charge < -0.3 is 5.73 Å². The highest BCUT2D eigenvalue weighted by Gasteiger charge is 2.43. The molecule has 0 atom stereocenters. The molecule has 0 spiro atoms. The minimum absolute atomic E-state index is 0.132. The van der Waals surface area contributed by atoms with Gasteiger partial charge in [-0.3, -0.25) is 0 Å². The predicted molar refractivity (Wildman–Crippen MR) is 67.7 cm³/mol. The smallest absolute Gasteiger partial charge is 0.217 e. The van der Waals surface area contributed by atoms with Crippen LogP contribution in [0.1, 0.15) is 38.5 Å². The average molecular weight is 262 g/mol. The summed E-state index contributed by atoms with van der Waals surface area (Å²) in [5.74, 6) is 0. The second-order valence-corrected chi connectivity index (χ2v) is 7.38. The number of nitrogens with two attached hydrogens (primary N) is 1. The van der Waals surface area contributed by atoms with Crippen LogP contribution in [0.15, 0.2) is 0 Å². The number of thiocarbonyl (C=S) groups is 1. The Kier molecular flexibility index (Phi) is 3.51. The molecule has 0 bridgehead atoms. The summed E-state index contributed by atoms with van der Waals surface area (Å²) >= 11 is 4.85. The molecule has 2 rings (SSSR count). The Morgan fingerprint density at radius 3 is 2.25 bits per heavy atom. The van der Waals surface area contributed by atoms with E-state index in [2.05, 4.69) is 0 Å². The van der Waals surface area contributed by atoms with Crippen LogP contribution in [-0.2, 0) is 10.0 Å². The highest BCUT2D eigenvalue weighted by atomic mass is 32.2. The van der Waals surface area contributed by atoms with Crippen LogP contribution in [0.4, 0.5) is 0 Å². The van der Waals surface area contributed by atoms with E-state index < -0.39 is 10.0 Å². The lowest BCUT2D eigenvalue weighted by molar-refractivity contribution is 0.354. The third-order valence-corrected chi connectivity index (χ3v) is 5.84. The van der Waals surface area contributed by atoms with Crippen LogP contribution in [0.5, 0.6) is 0 Å². The maximum Gasteiger partial charge on any atom is 0.217 e. The van der Waals surface area contributed by atoms with Crippen molar-refractivity contribution in [1.82, 2.24) is 4.31 Å². The monoisotopic (exact) mass is 262 g/mol. The van der Waals surface area contributed by atoms with E-state index >= 15 is 0 Å². The summed E-state index contributed by atoms with van der Waals surface area (Å²) in [5, 5.41) is -0.164. The van der Waals surface area contributed by atoms with Gasteiger partial charge in [0.1, 0.15) is 0 Å². The summed E-state index contributed by atoms with van der Waals surface area (Å²) in [4.78, 5) is 0.274. The number of nitrogens with zero attached hydrogens (tertiary/aromatic N) is 1. The molecular weight excluding hydrogens is 244 g/mol. The Labute approximate surface area is 102 Å². The number of hydrogen-bond acceptors (Lipinski definition) is 3. The summed E-state index contributed by atoms with van der Waals surface area (Å²) in [6.45, 7) is 0.221. The van der Waals surface area contributed by atoms with Gasteiger partial charge in [0.2, 0.25) is 10.0 Å². The largest absolute Gasteiger partial charge is 0.392 e. The summed E-state index contributed by atoms with van der Waals surface area (Å²) in [7, 11) is -3.14. The van der Waals surface area contributed by atoms with Gasteiger partial charge >= 0.3 is 0 Å². The van der Waals surface area contributed by atoms with Gasteiger partial charge in [-0.25, -0.2) is 8.42 Å². The molecule has 0 unspecified atom stereocenters. The van der Waals surface area contributed by atoms with Crippen LogP contribution in [0.2, 0.25) is 0 Å². The molecule has 0 aromatic heterocycles. The molecule has 0 saturated heterocycles. The van der Waals surface area contributed by atoms with Crippen LogP contribution < -0.4 is 5.73 Å². The first kappa shape index (κ1) is 12.3. The zero-order valence-electron chi connectivity index (χ0n) is 9.26. The molecule has 6 heteroatoms. The van der Waals surface area contributed by atoms with E-state index in [0.717, 1.165) is 38.5 Å². The van der Waals surface area contributed by atoms with Crippen LogP contribution in [0.3, 0.4) is 0 Å². The molecule has 16 heavy (non-hydrogen) atoms. The Bertz CT molecular complexity index is 370. The van der Waals surface area contributed by atoms with Gasteiger partial charge in [-0.15, -0.1) is 0 Å². The maximum atomic E-state index is 12.2. The maximum absolute atomic E-state index is 12.2. The Hall–Kier alpha value is -0.200. The van der Waals surface area contributed by atoms with Crippen molar-refractivity contribution in [2.45, 2.75) is 49.8 Å². The third-order valence-electron chi connectivity index (χ3n) is 3.32. The van der Waals surface area contributed by atoms with Crippen molar-refractivity contribution in [1.29, 1.82) is 0 Å². The zero-order chi connectivity index (χ0) is 11.8. The Morgan fingerprint density at radius 2 is 1.81 bits per heavy atom. The van der Waals surface area contributed by atoms with Crippen LogP contribution in [0.25, 0.3) is 0 Å². The molecule has 4 nitrogen and oxygen atoms in total. The van der Waals surface area contributed by atoms with Crippen molar-refractivity contribution >= 4 is 27.2 Å². The zero-order valence-corrected chi connectivity index (χ0v) is 10.9. The van der Waals surface area contributed by atoms with Crippen molar-refractivity contribution in [2.24, 2.45) is 5.73 Å². The molecule has 2 aliphatic rings. The SMILES string of the molecule is NC(=S)CN(C1CCCC1)S(=O)(=O)C1CC1. The lowest BCUT2D eigenvalue weighted by Gasteiger charge is -2.27. The van der Waals surface area contributed by atoms with E-state index in [4.69, 9.17) is 18.0 Å². The van der Waals surface area contributed by atoms with E-state index in [0.29, 0.717) is 0 Å². The quantitative estimate of drug-likeness (QED) is 0.751. The second-order valence-electron chi connectivity index (χ2n) is 4.69. The van der Waals surface area contributed by atoms with Crippen LogP contribution in [0, 0.1) is 0 Å². The molecule has 0 amide bonds. The summed E-state index contributed by atoms with van der Waals surface area (Å²) in [6, 6.07) is 0.132. The summed E-state index contributed by atoms with van der Waals surface area (Å²) < 4.78 is 26.0. The molecule has 0 aromatic rings. The molecule has 2 saturated carbocycles. The van der Waals surface area contributed by atoms with Gasteiger partial charge in [0, 0.05) is 6.04 Å². The fourth-order valence-corrected chi connectivity index (χ4v) is 4.61. The number of sulfonamides is 1. The van der Waals surface area contributed by atoms with Crippen molar-refractivity contribution in [3.63, 3.8) is 0 Å². The lowest BCUT2D eigenvalue weighted by Crippen LogP contribution is -2.45. The van der Waals surface area contributed by atoms with E-state index in [9.17, 15) is 8.42 Å². The van der Waals surface area contributed by atoms with E-state index in [1.165, 1.54) is 0 Å². The third kappa shape index (κ3) is 2.55. The minimum Gasteiger partial charge on any atom is -0.392 e. The van der Waals surface area contributed by atoms with Gasteiger partial charge in [0.15, 0.2) is 0 Å². The van der Waals surface area contributed by atoms with Gasteiger partial charge in [-0.05, 0) is 25.7 Å². The van der Waals surface area contributed by atoms with E-state index in [1.54, 1.807) is 4.31 Å². The molecule has 2 fully saturated rings. The molecule has 0 heterocycles. The van der Waals surface area contributed by atoms with E-state index in [-0.39, 0.29) is 22.8 Å². The van der Waals surface area contributed by atoms with Crippen molar-refractivity contribution in [3.05, 3.63) is 0 Å². The molecular formula is C10H18N2O2S2. The van der Waals surface area contributed by atoms with Gasteiger partial charge in [-0.2, -0.15) is 4.31 Å². The number of rotatable bonds is 5. The molecule has 0 aromatic carbocycles. The summed E-state index contributed by atoms with van der Waals surface area (Å²) in [5.41, 5.74) is 5.50. The fraction of sp³-hybridized carbons (Fsp3) is 0.900. The molecule has 2 aliphatic carbocycles. The molecule has 0 radical (unpaired) electrons. The average Bonchev–Trinajstić information content (AvgIpc) is 2.93. The van der Waals surface area contributed by atoms with Gasteiger partial charge in [-0.1, -0.05) is 25.1 Å². The van der Waals surface area contributed by atoms with Gasteiger partial charge in [0.25, 0.3) is 0 Å². The van der Waals surface area contributed by atoms with Crippen molar-refractivity contribution < 1.29 is 8.42 Å². The topological polar surface area (TPSA) is 63.4 Å². The predicted octanol–water partition coefficient (Wildman–Crippen LogP) is 1.01. The van der Waals surface area contributed by atoms with Crippen LogP contribution in [-0.4, -0.2) is 35.5 Å². The highest BCUT2D eigenvalue weighted by Crippen LogP contribution is 2.35. The molecule has 92 valence electrons. The lowest BCUT2D eigenvalue weighted by atomic mass is 10.2. The highest BCUT2D eigenvalue weighted by molar-refractivity contribution is 7.90. The normalized spacial score (nSPS) is 22.8. The minimum atomic E-state index is -3.14. The first-order valence-corrected chi connectivity index (χ1v) is 7.72. The van der Waals surface area contributed by atoms with E-state index in [1.807, 2.05) is 0 Å². The van der Waals surface area contributed by atoms with Crippen molar-refractivity contribution in [2.75, 3.05) is 6.54 Å². The first-order chi connectivity index (χ1) is 7.51. The molecule has 0 aliphatic heterocycles. The number of hydrogen-bond donors (Lipinski definition) is 1. The Morgan fingerprint density at radius 1 is 1.25 bits per heavy atom. The van der Waals surface area contributed by atoms with Crippen molar-refractivity contribution in [3.8, 4) is 0 Å². The standard InChI is InChI=1S/C10H18N2O2S2/c11-10(15)7-12(8-3-1-2-4-8)16(13,14)9-5-6-9/h8-9H,1-7H2,(H2,11,15). The fourth-order valence-electron chi connectivity index (χ4n) is 2.33.